The monoisotopic (exact) mass is 316 g/mol. The van der Waals surface area contributed by atoms with E-state index in [1.54, 1.807) is 0 Å². The van der Waals surface area contributed by atoms with Crippen molar-refractivity contribution < 1.29 is 27.7 Å². The number of rotatable bonds is 0. The van der Waals surface area contributed by atoms with Crippen LogP contribution in [0.1, 0.15) is 0 Å². The Morgan fingerprint density at radius 2 is 0.625 bits per heavy atom. The predicted molar refractivity (Wildman–Crippen MR) is 33.7 cm³/mol. The van der Waals surface area contributed by atoms with Gasteiger partial charge in [-0.1, -0.05) is 36.4 Å². The summed E-state index contributed by atoms with van der Waals surface area (Å²) in [7, 11) is 0. The fourth-order valence-electron chi connectivity index (χ4n) is 0.385. The van der Waals surface area contributed by atoms with Crippen molar-refractivity contribution >= 4 is 12.4 Å². The Bertz CT molecular complexity index is 80.5. The summed E-state index contributed by atoms with van der Waals surface area (Å²) in [6.07, 6.45) is 0. The van der Waals surface area contributed by atoms with Crippen LogP contribution in [0.25, 0.3) is 0 Å². The molecule has 0 nitrogen and oxygen atoms in total. The van der Waals surface area contributed by atoms with E-state index in [0.717, 1.165) is 0 Å². The standard InChI is InChI=1S/C6H6.ClH.Hg/c1-2-4-6-5-3-1;;/h1-6H;1H;. The van der Waals surface area contributed by atoms with E-state index < -0.39 is 0 Å². The first-order valence-corrected chi connectivity index (χ1v) is 2.00. The molecule has 40 valence electrons. The van der Waals surface area contributed by atoms with Crippen LogP contribution in [0.3, 0.4) is 0 Å². The maximum Gasteiger partial charge on any atom is 0 e. The minimum absolute atomic E-state index is 0. The van der Waals surface area contributed by atoms with E-state index in [1.807, 2.05) is 36.4 Å². The van der Waals surface area contributed by atoms with E-state index in [9.17, 15) is 0 Å². The maximum atomic E-state index is 2.00. The summed E-state index contributed by atoms with van der Waals surface area (Å²) >= 11 is 0. The van der Waals surface area contributed by atoms with Crippen molar-refractivity contribution in [2.24, 2.45) is 0 Å². The van der Waals surface area contributed by atoms with Crippen molar-refractivity contribution in [2.75, 3.05) is 0 Å². The van der Waals surface area contributed by atoms with E-state index in [-0.39, 0.29) is 40.1 Å². The molecule has 0 aliphatic heterocycles. The molecule has 0 fully saturated rings. The second-order valence-electron chi connectivity index (χ2n) is 1.15. The number of hydrogen-bond acceptors (Lipinski definition) is 0. The molecular formula is C6H7ClHg. The van der Waals surface area contributed by atoms with E-state index >= 15 is 0 Å². The smallest absolute Gasteiger partial charge is 0 e. The van der Waals surface area contributed by atoms with Crippen molar-refractivity contribution in [3.8, 4) is 0 Å². The fourth-order valence-corrected chi connectivity index (χ4v) is 0.385. The molecule has 8 heavy (non-hydrogen) atoms. The quantitative estimate of drug-likeness (QED) is 0.643. The largest absolute Gasteiger partial charge is 0.147 e. The maximum absolute atomic E-state index is 2.00. The summed E-state index contributed by atoms with van der Waals surface area (Å²) in [5.41, 5.74) is 0. The molecule has 0 heterocycles. The minimum atomic E-state index is 0. The molecular weight excluding hydrogens is 308 g/mol. The first-order chi connectivity index (χ1) is 3.00. The first-order valence-electron chi connectivity index (χ1n) is 2.00. The fraction of sp³-hybridized carbons (Fsp3) is 0. The molecule has 0 saturated carbocycles. The van der Waals surface area contributed by atoms with E-state index in [1.165, 1.54) is 0 Å². The van der Waals surface area contributed by atoms with Gasteiger partial charge in [0.25, 0.3) is 0 Å². The van der Waals surface area contributed by atoms with E-state index in [0.29, 0.717) is 0 Å². The van der Waals surface area contributed by atoms with Gasteiger partial charge in [-0.3, -0.25) is 0 Å². The summed E-state index contributed by atoms with van der Waals surface area (Å²) < 4.78 is 0. The number of benzene rings is 1. The first kappa shape index (κ1) is 11.3. The molecule has 0 spiro atoms. The third-order valence-electron chi connectivity index (χ3n) is 0.667. The Kier molecular flexibility index (Phi) is 10.5. The van der Waals surface area contributed by atoms with Crippen LogP contribution >= 0.6 is 12.4 Å². The van der Waals surface area contributed by atoms with Crippen LogP contribution in [-0.2, 0) is 27.7 Å². The van der Waals surface area contributed by atoms with Crippen molar-refractivity contribution in [3.05, 3.63) is 36.4 Å². The molecule has 1 aromatic rings. The average Bonchev–Trinajstić information content (AvgIpc) is 1.72. The van der Waals surface area contributed by atoms with Gasteiger partial charge in [-0.25, -0.2) is 0 Å². The summed E-state index contributed by atoms with van der Waals surface area (Å²) in [6, 6.07) is 12.0. The summed E-state index contributed by atoms with van der Waals surface area (Å²) in [4.78, 5) is 0. The Hall–Kier alpha value is 0.445. The van der Waals surface area contributed by atoms with Crippen LogP contribution in [-0.4, -0.2) is 0 Å². The van der Waals surface area contributed by atoms with Crippen molar-refractivity contribution in [2.45, 2.75) is 0 Å². The van der Waals surface area contributed by atoms with Crippen LogP contribution in [0.5, 0.6) is 0 Å². The third kappa shape index (κ3) is 4.60. The molecule has 0 atom stereocenters. The van der Waals surface area contributed by atoms with Gasteiger partial charge in [0, 0.05) is 27.7 Å². The van der Waals surface area contributed by atoms with Crippen LogP contribution in [0.15, 0.2) is 36.4 Å². The molecule has 0 aliphatic carbocycles. The second kappa shape index (κ2) is 7.45. The molecule has 0 radical (unpaired) electrons. The minimum Gasteiger partial charge on any atom is -0.147 e. The van der Waals surface area contributed by atoms with Crippen LogP contribution < -0.4 is 0 Å². The molecule has 0 N–H and O–H groups in total. The van der Waals surface area contributed by atoms with Gasteiger partial charge in [0.1, 0.15) is 0 Å². The Morgan fingerprint density at radius 3 is 0.750 bits per heavy atom. The van der Waals surface area contributed by atoms with E-state index in [2.05, 4.69) is 0 Å². The zero-order chi connectivity index (χ0) is 4.24. The second-order valence-corrected chi connectivity index (χ2v) is 1.15. The van der Waals surface area contributed by atoms with Crippen LogP contribution in [0.4, 0.5) is 0 Å². The van der Waals surface area contributed by atoms with Crippen LogP contribution in [0.2, 0.25) is 0 Å². The van der Waals surface area contributed by atoms with Gasteiger partial charge in [0.05, 0.1) is 0 Å². The summed E-state index contributed by atoms with van der Waals surface area (Å²) in [5, 5.41) is 0. The van der Waals surface area contributed by atoms with Gasteiger partial charge in [0.15, 0.2) is 0 Å². The molecule has 0 amide bonds. The zero-order valence-corrected chi connectivity index (χ0v) is 10.9. The van der Waals surface area contributed by atoms with Crippen molar-refractivity contribution in [1.82, 2.24) is 0 Å². The Morgan fingerprint density at radius 1 is 0.500 bits per heavy atom. The van der Waals surface area contributed by atoms with E-state index in [4.69, 9.17) is 0 Å². The predicted octanol–water partition coefficient (Wildman–Crippen LogP) is 2.11. The molecule has 0 saturated heterocycles. The van der Waals surface area contributed by atoms with Crippen LogP contribution in [0, 0.1) is 0 Å². The van der Waals surface area contributed by atoms with Gasteiger partial charge < -0.3 is 0 Å². The van der Waals surface area contributed by atoms with Gasteiger partial charge >= 0.3 is 0 Å². The van der Waals surface area contributed by atoms with Gasteiger partial charge in [-0.05, 0) is 0 Å². The normalized spacial score (nSPS) is 6.00. The summed E-state index contributed by atoms with van der Waals surface area (Å²) in [5.74, 6) is 0. The molecule has 0 unspecified atom stereocenters. The molecule has 1 rings (SSSR count). The summed E-state index contributed by atoms with van der Waals surface area (Å²) in [6.45, 7) is 0. The van der Waals surface area contributed by atoms with Crippen molar-refractivity contribution in [1.29, 1.82) is 0 Å². The number of halogens is 1. The van der Waals surface area contributed by atoms with Gasteiger partial charge in [-0.2, -0.15) is 0 Å². The third-order valence-corrected chi connectivity index (χ3v) is 0.667. The molecule has 1 aromatic carbocycles. The average molecular weight is 315 g/mol. The topological polar surface area (TPSA) is 0 Å². The zero-order valence-electron chi connectivity index (χ0n) is 4.58. The Balaban J connectivity index is 0. The number of hydrogen-bond donors (Lipinski definition) is 0. The molecule has 0 aromatic heterocycles. The molecule has 0 bridgehead atoms. The van der Waals surface area contributed by atoms with Gasteiger partial charge in [-0.15, -0.1) is 12.4 Å². The molecule has 0 aliphatic rings. The van der Waals surface area contributed by atoms with Crippen molar-refractivity contribution in [3.63, 3.8) is 0 Å². The SMILES string of the molecule is Cl.[Hg].c1ccccc1. The van der Waals surface area contributed by atoms with Gasteiger partial charge in [0.2, 0.25) is 0 Å². The molecule has 2 heteroatoms. The Labute approximate surface area is 76.2 Å².